The van der Waals surface area contributed by atoms with Crippen LogP contribution in [0.4, 0.5) is 0 Å². The van der Waals surface area contributed by atoms with Gasteiger partial charge in [0.1, 0.15) is 0 Å². The van der Waals surface area contributed by atoms with E-state index in [0.717, 1.165) is 31.6 Å². The molecule has 0 saturated carbocycles. The van der Waals surface area contributed by atoms with Crippen LogP contribution in [-0.2, 0) is 14.1 Å². The maximum Gasteiger partial charge on any atom is 0.308 e. The highest BCUT2D eigenvalue weighted by Crippen LogP contribution is 2.55. The Morgan fingerprint density at radius 1 is 1.26 bits per heavy atom. The van der Waals surface area contributed by atoms with Crippen LogP contribution < -0.4 is 5.32 Å². The molecule has 0 bridgehead atoms. The molecule has 1 amide bonds. The van der Waals surface area contributed by atoms with E-state index >= 15 is 0 Å². The van der Waals surface area contributed by atoms with Gasteiger partial charge in [0.15, 0.2) is 5.37 Å². The number of carbonyl (C=O) groups is 2. The van der Waals surface area contributed by atoms with Crippen molar-refractivity contribution in [3.05, 3.63) is 0 Å². The van der Waals surface area contributed by atoms with E-state index in [9.17, 15) is 9.59 Å². The molecule has 1 aliphatic heterocycles. The number of unbranched alkanes of at least 4 members (excludes halogenated alkanes) is 2. The van der Waals surface area contributed by atoms with E-state index in [1.165, 1.54) is 0 Å². The van der Waals surface area contributed by atoms with Gasteiger partial charge in [0.05, 0.1) is 35.6 Å². The lowest BCUT2D eigenvalue weighted by molar-refractivity contribution is -0.133. The summed E-state index contributed by atoms with van der Waals surface area (Å²) in [6, 6.07) is 0. The molecule has 1 N–H and O–H groups in total. The van der Waals surface area contributed by atoms with Gasteiger partial charge in [0, 0.05) is 25.3 Å². The number of hydrogen-bond donors (Lipinski definition) is 1. The smallest absolute Gasteiger partial charge is 0.308 e. The van der Waals surface area contributed by atoms with E-state index in [-0.39, 0.29) is 17.3 Å². The SMILES string of the molecule is CP(C)OC(=O)CCCCCNC(=O)C1SCCN1[P+](C)(C)C. The van der Waals surface area contributed by atoms with Gasteiger partial charge in [0.25, 0.3) is 5.91 Å². The average molecular weight is 381 g/mol. The Bertz CT molecular complexity index is 403. The van der Waals surface area contributed by atoms with Crippen LogP contribution in [0.1, 0.15) is 25.7 Å². The van der Waals surface area contributed by atoms with Gasteiger partial charge in [-0.15, -0.1) is 11.8 Å². The van der Waals surface area contributed by atoms with E-state index < -0.39 is 15.6 Å². The second-order valence-electron chi connectivity index (χ2n) is 6.71. The van der Waals surface area contributed by atoms with Gasteiger partial charge >= 0.3 is 5.97 Å². The molecule has 1 rings (SSSR count). The maximum absolute atomic E-state index is 12.3. The van der Waals surface area contributed by atoms with Crippen LogP contribution in [-0.4, -0.2) is 74.1 Å². The largest absolute Gasteiger partial charge is 0.446 e. The monoisotopic (exact) mass is 381 g/mol. The number of rotatable bonds is 9. The van der Waals surface area contributed by atoms with Crippen molar-refractivity contribution < 1.29 is 14.1 Å². The standard InChI is InChI=1S/C15H30N2O3P2S/c1-21(2)20-13(18)9-7-6-8-10-16-14(19)15-17(11-12-23-15)22(3,4)5/h15H,6-12H2,1-5H3/p+1. The first kappa shape index (κ1) is 21.2. The van der Waals surface area contributed by atoms with Crippen molar-refractivity contribution in [3.8, 4) is 0 Å². The zero-order chi connectivity index (χ0) is 17.5. The summed E-state index contributed by atoms with van der Waals surface area (Å²) in [5, 5.41) is 3.03. The predicted molar refractivity (Wildman–Crippen MR) is 104 cm³/mol. The zero-order valence-electron chi connectivity index (χ0n) is 15.0. The maximum atomic E-state index is 12.3. The second kappa shape index (κ2) is 10.2. The molecule has 5 nitrogen and oxygen atoms in total. The lowest BCUT2D eigenvalue weighted by Crippen LogP contribution is -2.41. The lowest BCUT2D eigenvalue weighted by Gasteiger charge is -2.28. The molecule has 0 spiro atoms. The molecular weight excluding hydrogens is 350 g/mol. The first-order valence-electron chi connectivity index (χ1n) is 8.08. The molecule has 134 valence electrons. The molecule has 0 aliphatic carbocycles. The summed E-state index contributed by atoms with van der Waals surface area (Å²) >= 11 is 1.75. The fourth-order valence-electron chi connectivity index (χ4n) is 2.41. The quantitative estimate of drug-likeness (QED) is 0.491. The Hall–Kier alpha value is 0.110. The summed E-state index contributed by atoms with van der Waals surface area (Å²) < 4.78 is 7.53. The van der Waals surface area contributed by atoms with Crippen molar-refractivity contribution in [3.63, 3.8) is 0 Å². The van der Waals surface area contributed by atoms with Crippen LogP contribution in [0.2, 0.25) is 0 Å². The van der Waals surface area contributed by atoms with Crippen molar-refractivity contribution in [2.45, 2.75) is 31.1 Å². The molecule has 1 heterocycles. The van der Waals surface area contributed by atoms with Crippen LogP contribution in [0.5, 0.6) is 0 Å². The highest BCUT2D eigenvalue weighted by molar-refractivity contribution is 8.01. The molecule has 1 fully saturated rings. The Balaban J connectivity index is 2.16. The summed E-state index contributed by atoms with van der Waals surface area (Å²) in [4.78, 5) is 23.8. The van der Waals surface area contributed by atoms with Gasteiger partial charge < -0.3 is 9.84 Å². The minimum Gasteiger partial charge on any atom is -0.446 e. The molecule has 8 heteroatoms. The fourth-order valence-corrected chi connectivity index (χ4v) is 6.56. The lowest BCUT2D eigenvalue weighted by atomic mass is 10.2. The highest BCUT2D eigenvalue weighted by atomic mass is 32.2. The number of carbonyl (C=O) groups excluding carboxylic acids is 2. The van der Waals surface area contributed by atoms with Crippen molar-refractivity contribution >= 4 is 39.2 Å². The van der Waals surface area contributed by atoms with Crippen molar-refractivity contribution in [1.29, 1.82) is 0 Å². The molecule has 1 saturated heterocycles. The van der Waals surface area contributed by atoms with E-state index in [1.807, 2.05) is 13.3 Å². The van der Waals surface area contributed by atoms with E-state index in [0.29, 0.717) is 13.0 Å². The van der Waals surface area contributed by atoms with Gasteiger partial charge in [-0.1, -0.05) is 6.42 Å². The molecule has 1 aliphatic rings. The van der Waals surface area contributed by atoms with Crippen molar-refractivity contribution in [2.75, 3.05) is 52.2 Å². The molecule has 0 radical (unpaired) electrons. The van der Waals surface area contributed by atoms with E-state index in [2.05, 4.69) is 30.0 Å². The highest BCUT2D eigenvalue weighted by Gasteiger charge is 2.42. The summed E-state index contributed by atoms with van der Waals surface area (Å²) in [6.07, 6.45) is 3.16. The number of amides is 1. The third-order valence-electron chi connectivity index (χ3n) is 3.50. The van der Waals surface area contributed by atoms with Crippen LogP contribution in [0.15, 0.2) is 0 Å². The van der Waals surface area contributed by atoms with Gasteiger partial charge in [-0.3, -0.25) is 9.59 Å². The van der Waals surface area contributed by atoms with Gasteiger partial charge in [-0.25, -0.2) is 0 Å². The van der Waals surface area contributed by atoms with Gasteiger partial charge in [-0.2, -0.15) is 4.67 Å². The minimum atomic E-state index is -1.14. The first-order chi connectivity index (χ1) is 10.7. The molecule has 1 unspecified atom stereocenters. The van der Waals surface area contributed by atoms with Gasteiger partial charge in [-0.05, 0) is 26.2 Å². The van der Waals surface area contributed by atoms with E-state index in [1.54, 1.807) is 11.8 Å². The Morgan fingerprint density at radius 2 is 1.96 bits per heavy atom. The predicted octanol–water partition coefficient (Wildman–Crippen LogP) is 3.06. The average Bonchev–Trinajstić information content (AvgIpc) is 2.91. The van der Waals surface area contributed by atoms with Gasteiger partial charge in [0.2, 0.25) is 0 Å². The normalized spacial score (nSPS) is 19.1. The Morgan fingerprint density at radius 3 is 2.57 bits per heavy atom. The Kier molecular flexibility index (Phi) is 9.36. The minimum absolute atomic E-state index is 0.0216. The summed E-state index contributed by atoms with van der Waals surface area (Å²) in [5.41, 5.74) is 0. The topological polar surface area (TPSA) is 58.6 Å². The second-order valence-corrected chi connectivity index (χ2v) is 14.1. The van der Waals surface area contributed by atoms with E-state index in [4.69, 9.17) is 4.52 Å². The van der Waals surface area contributed by atoms with Crippen LogP contribution in [0.3, 0.4) is 0 Å². The third kappa shape index (κ3) is 8.16. The van der Waals surface area contributed by atoms with Crippen molar-refractivity contribution in [2.24, 2.45) is 0 Å². The number of thioether (sulfide) groups is 1. The zero-order valence-corrected chi connectivity index (χ0v) is 17.6. The summed E-state index contributed by atoms with van der Waals surface area (Å²) in [6.45, 7) is 12.3. The number of nitrogens with one attached hydrogen (secondary N) is 1. The first-order valence-corrected chi connectivity index (χ1v) is 14.4. The van der Waals surface area contributed by atoms with Crippen molar-refractivity contribution in [1.82, 2.24) is 9.99 Å². The molecule has 0 aromatic carbocycles. The summed E-state index contributed by atoms with van der Waals surface area (Å²) in [5.74, 6) is 1.08. The molecule has 0 aromatic rings. The van der Waals surface area contributed by atoms with Crippen LogP contribution >= 0.6 is 27.3 Å². The number of hydrogen-bond acceptors (Lipinski definition) is 5. The molecule has 23 heavy (non-hydrogen) atoms. The molecule has 1 atom stereocenters. The molecular formula is C15H31N2O3P2S+. The third-order valence-corrected chi connectivity index (χ3v) is 7.40. The number of nitrogens with zero attached hydrogens (tertiary/aromatic N) is 1. The summed E-state index contributed by atoms with van der Waals surface area (Å²) in [7, 11) is -1.75. The molecule has 0 aromatic heterocycles. The van der Waals surface area contributed by atoms with Crippen LogP contribution in [0.25, 0.3) is 0 Å². The van der Waals surface area contributed by atoms with Crippen LogP contribution in [0, 0.1) is 0 Å². The fraction of sp³-hybridized carbons (Fsp3) is 0.867. The Labute approximate surface area is 146 Å².